The molecule has 22 heavy (non-hydrogen) atoms. The molecule has 1 aliphatic rings. The molecule has 0 bridgehead atoms. The summed E-state index contributed by atoms with van der Waals surface area (Å²) in [7, 11) is 3.54. The van der Waals surface area contributed by atoms with E-state index in [1.807, 2.05) is 19.1 Å². The number of carbonyl (C=O) groups excluding carboxylic acids is 1. The summed E-state index contributed by atoms with van der Waals surface area (Å²) in [6.45, 7) is 1.91. The van der Waals surface area contributed by atoms with Crippen molar-refractivity contribution in [3.05, 3.63) is 24.5 Å². The summed E-state index contributed by atoms with van der Waals surface area (Å²) >= 11 is 1.47. The van der Waals surface area contributed by atoms with Gasteiger partial charge in [0.2, 0.25) is 5.91 Å². The summed E-state index contributed by atoms with van der Waals surface area (Å²) < 4.78 is 2.15. The predicted octanol–water partition coefficient (Wildman–Crippen LogP) is 2.24. The number of hydrogen-bond acceptors (Lipinski definition) is 5. The molecule has 1 unspecified atom stereocenters. The van der Waals surface area contributed by atoms with Gasteiger partial charge in [-0.25, -0.2) is 0 Å². The Morgan fingerprint density at radius 3 is 2.77 bits per heavy atom. The SMILES string of the molecule is CC(Sc1nnc(-c2cccnc2)n1C1CC1)C(=O)N(C)C. The molecule has 116 valence electrons. The van der Waals surface area contributed by atoms with Crippen molar-refractivity contribution in [3.63, 3.8) is 0 Å². The van der Waals surface area contributed by atoms with Crippen LogP contribution in [-0.4, -0.2) is 49.9 Å². The molecule has 6 nitrogen and oxygen atoms in total. The summed E-state index contributed by atoms with van der Waals surface area (Å²) in [5.74, 6) is 0.917. The van der Waals surface area contributed by atoms with Crippen molar-refractivity contribution in [3.8, 4) is 11.4 Å². The molecule has 2 aromatic heterocycles. The molecular weight excluding hydrogens is 298 g/mol. The minimum atomic E-state index is -0.182. The molecule has 0 spiro atoms. The van der Waals surface area contributed by atoms with E-state index in [4.69, 9.17) is 0 Å². The smallest absolute Gasteiger partial charge is 0.235 e. The number of rotatable bonds is 5. The topological polar surface area (TPSA) is 63.9 Å². The van der Waals surface area contributed by atoms with E-state index >= 15 is 0 Å². The Morgan fingerprint density at radius 2 is 2.18 bits per heavy atom. The number of carbonyl (C=O) groups is 1. The molecule has 1 saturated carbocycles. The first-order chi connectivity index (χ1) is 10.6. The zero-order chi connectivity index (χ0) is 15.7. The minimum absolute atomic E-state index is 0.0817. The van der Waals surface area contributed by atoms with Crippen LogP contribution >= 0.6 is 11.8 Å². The van der Waals surface area contributed by atoms with E-state index < -0.39 is 0 Å². The monoisotopic (exact) mass is 317 g/mol. The maximum absolute atomic E-state index is 12.1. The molecule has 0 N–H and O–H groups in total. The fraction of sp³-hybridized carbons (Fsp3) is 0.467. The van der Waals surface area contributed by atoms with E-state index in [1.165, 1.54) is 11.8 Å². The highest BCUT2D eigenvalue weighted by atomic mass is 32.2. The summed E-state index contributed by atoms with van der Waals surface area (Å²) in [4.78, 5) is 17.8. The van der Waals surface area contributed by atoms with Gasteiger partial charge in [0.15, 0.2) is 11.0 Å². The summed E-state index contributed by atoms with van der Waals surface area (Å²) in [6, 6.07) is 4.32. The van der Waals surface area contributed by atoms with E-state index in [0.717, 1.165) is 29.4 Å². The lowest BCUT2D eigenvalue weighted by Gasteiger charge is -2.16. The van der Waals surface area contributed by atoms with Gasteiger partial charge in [0.05, 0.1) is 5.25 Å². The first-order valence-corrected chi connectivity index (χ1v) is 8.19. The lowest BCUT2D eigenvalue weighted by Crippen LogP contribution is -2.29. The van der Waals surface area contributed by atoms with E-state index in [2.05, 4.69) is 19.7 Å². The Morgan fingerprint density at radius 1 is 1.41 bits per heavy atom. The Labute approximate surface area is 133 Å². The van der Waals surface area contributed by atoms with Crippen molar-refractivity contribution in [1.82, 2.24) is 24.6 Å². The third-order valence-corrected chi connectivity index (χ3v) is 4.61. The standard InChI is InChI=1S/C15H19N5OS/c1-10(14(21)19(2)3)22-15-18-17-13(20(15)12-6-7-12)11-5-4-8-16-9-11/h4-5,8-10,12H,6-7H2,1-3H3. The molecule has 1 aliphatic carbocycles. The second-order valence-corrected chi connectivity index (χ2v) is 6.95. The van der Waals surface area contributed by atoms with Gasteiger partial charge in [-0.15, -0.1) is 10.2 Å². The molecule has 2 heterocycles. The first-order valence-electron chi connectivity index (χ1n) is 7.31. The molecule has 1 amide bonds. The van der Waals surface area contributed by atoms with Gasteiger partial charge in [0, 0.05) is 38.1 Å². The maximum Gasteiger partial charge on any atom is 0.235 e. The third kappa shape index (κ3) is 2.99. The molecule has 0 radical (unpaired) electrons. The molecular formula is C15H19N5OS. The lowest BCUT2D eigenvalue weighted by atomic mass is 10.3. The fourth-order valence-electron chi connectivity index (χ4n) is 2.28. The Bertz CT molecular complexity index is 666. The molecule has 7 heteroatoms. The van der Waals surface area contributed by atoms with Crippen LogP contribution in [0, 0.1) is 0 Å². The summed E-state index contributed by atoms with van der Waals surface area (Å²) in [5, 5.41) is 9.27. The highest BCUT2D eigenvalue weighted by molar-refractivity contribution is 8.00. The molecule has 1 atom stereocenters. The van der Waals surface area contributed by atoms with Crippen molar-refractivity contribution in [2.75, 3.05) is 14.1 Å². The molecule has 0 aliphatic heterocycles. The highest BCUT2D eigenvalue weighted by Gasteiger charge is 2.31. The quantitative estimate of drug-likeness (QED) is 0.791. The van der Waals surface area contributed by atoms with Crippen LogP contribution in [-0.2, 0) is 4.79 Å². The first kappa shape index (κ1) is 15.0. The van der Waals surface area contributed by atoms with Crippen LogP contribution in [0.25, 0.3) is 11.4 Å². The van der Waals surface area contributed by atoms with Crippen molar-refractivity contribution in [2.24, 2.45) is 0 Å². The van der Waals surface area contributed by atoms with Crippen LogP contribution < -0.4 is 0 Å². The van der Waals surface area contributed by atoms with Gasteiger partial charge in [0.25, 0.3) is 0 Å². The second-order valence-electron chi connectivity index (χ2n) is 5.64. The molecule has 2 aromatic rings. The van der Waals surface area contributed by atoms with Crippen LogP contribution in [0.2, 0.25) is 0 Å². The molecule has 1 fully saturated rings. The van der Waals surface area contributed by atoms with Gasteiger partial charge in [-0.2, -0.15) is 0 Å². The van der Waals surface area contributed by atoms with E-state index in [-0.39, 0.29) is 11.2 Å². The van der Waals surface area contributed by atoms with Crippen molar-refractivity contribution in [2.45, 2.75) is 36.2 Å². The van der Waals surface area contributed by atoms with Gasteiger partial charge in [-0.1, -0.05) is 11.8 Å². The van der Waals surface area contributed by atoms with Gasteiger partial charge in [-0.05, 0) is 31.9 Å². The average molecular weight is 317 g/mol. The van der Waals surface area contributed by atoms with Gasteiger partial charge < -0.3 is 4.90 Å². The molecule has 0 saturated heterocycles. The second kappa shape index (κ2) is 6.08. The average Bonchev–Trinajstić information content (AvgIpc) is 3.28. The summed E-state index contributed by atoms with van der Waals surface area (Å²) in [6.07, 6.45) is 5.81. The number of thioether (sulfide) groups is 1. The van der Waals surface area contributed by atoms with Gasteiger partial charge in [0.1, 0.15) is 0 Å². The number of pyridine rings is 1. The largest absolute Gasteiger partial charge is 0.348 e. The van der Waals surface area contributed by atoms with Crippen LogP contribution in [0.4, 0.5) is 0 Å². The van der Waals surface area contributed by atoms with Gasteiger partial charge >= 0.3 is 0 Å². The number of aromatic nitrogens is 4. The normalized spacial score (nSPS) is 15.6. The number of amides is 1. The third-order valence-electron chi connectivity index (χ3n) is 3.57. The van der Waals surface area contributed by atoms with E-state index in [9.17, 15) is 4.79 Å². The number of hydrogen-bond donors (Lipinski definition) is 0. The Kier molecular flexibility index (Phi) is 4.15. The lowest BCUT2D eigenvalue weighted by molar-refractivity contribution is -0.127. The minimum Gasteiger partial charge on any atom is -0.348 e. The highest BCUT2D eigenvalue weighted by Crippen LogP contribution is 2.41. The fourth-order valence-corrected chi connectivity index (χ4v) is 3.35. The Balaban J connectivity index is 1.90. The molecule has 0 aromatic carbocycles. The zero-order valence-electron chi connectivity index (χ0n) is 12.9. The molecule has 3 rings (SSSR count). The van der Waals surface area contributed by atoms with Crippen LogP contribution in [0.1, 0.15) is 25.8 Å². The predicted molar refractivity (Wildman–Crippen MR) is 85.5 cm³/mol. The zero-order valence-corrected chi connectivity index (χ0v) is 13.7. The van der Waals surface area contributed by atoms with E-state index in [0.29, 0.717) is 6.04 Å². The summed E-state index contributed by atoms with van der Waals surface area (Å²) in [5.41, 5.74) is 0.959. The van der Waals surface area contributed by atoms with E-state index in [1.54, 1.807) is 31.4 Å². The van der Waals surface area contributed by atoms with Crippen LogP contribution in [0.3, 0.4) is 0 Å². The van der Waals surface area contributed by atoms with Crippen LogP contribution in [0.15, 0.2) is 29.7 Å². The Hall–Kier alpha value is -1.89. The van der Waals surface area contributed by atoms with Crippen molar-refractivity contribution >= 4 is 17.7 Å². The van der Waals surface area contributed by atoms with Crippen LogP contribution in [0.5, 0.6) is 0 Å². The number of nitrogens with zero attached hydrogens (tertiary/aromatic N) is 5. The van der Waals surface area contributed by atoms with Gasteiger partial charge in [-0.3, -0.25) is 14.3 Å². The maximum atomic E-state index is 12.1. The van der Waals surface area contributed by atoms with Crippen molar-refractivity contribution < 1.29 is 4.79 Å². The van der Waals surface area contributed by atoms with Crippen molar-refractivity contribution in [1.29, 1.82) is 0 Å².